The first-order valence-corrected chi connectivity index (χ1v) is 9.85. The molecule has 0 atom stereocenters. The number of thioether (sulfide) groups is 1. The fraction of sp³-hybridized carbons (Fsp3) is 0.130. The first-order chi connectivity index (χ1) is 13.7. The van der Waals surface area contributed by atoms with Gasteiger partial charge in [0.25, 0.3) is 5.91 Å². The SMILES string of the molecule is CONC(=O)C1=CCC2=C(C=C1)Sc1ccccc1C(c1ccc(C)cc1)=N2. The summed E-state index contributed by atoms with van der Waals surface area (Å²) >= 11 is 1.69. The molecule has 0 saturated heterocycles. The van der Waals surface area contributed by atoms with Crippen LogP contribution in [0.25, 0.3) is 0 Å². The minimum Gasteiger partial charge on any atom is -0.277 e. The average Bonchev–Trinajstić information content (AvgIpc) is 2.99. The van der Waals surface area contributed by atoms with E-state index in [1.807, 2.05) is 30.4 Å². The standard InChI is InChI=1S/C23H20N2O2S/c1-15-7-9-16(10-8-15)22-18-5-3-4-6-20(18)28-21-14-12-17(23(26)25-27-2)11-13-19(21)24-22/h3-12,14H,13H2,1-2H3,(H,25,26). The molecule has 0 radical (unpaired) electrons. The lowest BCUT2D eigenvalue weighted by molar-refractivity contribution is -0.127. The molecule has 140 valence electrons. The van der Waals surface area contributed by atoms with Gasteiger partial charge in [0, 0.05) is 32.9 Å². The van der Waals surface area contributed by atoms with Gasteiger partial charge >= 0.3 is 0 Å². The molecule has 2 aliphatic rings. The molecule has 5 heteroatoms. The number of aliphatic imine (C=N–C) groups is 1. The predicted molar refractivity (Wildman–Crippen MR) is 113 cm³/mol. The van der Waals surface area contributed by atoms with E-state index < -0.39 is 0 Å². The minimum absolute atomic E-state index is 0.260. The van der Waals surface area contributed by atoms with Crippen molar-refractivity contribution in [3.63, 3.8) is 0 Å². The van der Waals surface area contributed by atoms with Crippen molar-refractivity contribution in [2.75, 3.05) is 7.11 Å². The molecule has 4 rings (SSSR count). The fourth-order valence-electron chi connectivity index (χ4n) is 3.15. The van der Waals surface area contributed by atoms with Crippen LogP contribution in [0.5, 0.6) is 0 Å². The maximum Gasteiger partial charge on any atom is 0.274 e. The first-order valence-electron chi connectivity index (χ1n) is 9.03. The molecule has 4 nitrogen and oxygen atoms in total. The van der Waals surface area contributed by atoms with Crippen LogP contribution >= 0.6 is 11.8 Å². The summed E-state index contributed by atoms with van der Waals surface area (Å²) in [5, 5.41) is 0. The summed E-state index contributed by atoms with van der Waals surface area (Å²) in [6, 6.07) is 16.8. The molecular weight excluding hydrogens is 368 g/mol. The van der Waals surface area contributed by atoms with E-state index >= 15 is 0 Å². The van der Waals surface area contributed by atoms with Crippen LogP contribution in [0.1, 0.15) is 23.1 Å². The second kappa shape index (κ2) is 8.00. The lowest BCUT2D eigenvalue weighted by atomic mass is 10.0. The zero-order valence-electron chi connectivity index (χ0n) is 15.7. The Morgan fingerprint density at radius 3 is 2.68 bits per heavy atom. The van der Waals surface area contributed by atoms with E-state index in [9.17, 15) is 4.79 Å². The van der Waals surface area contributed by atoms with E-state index in [0.717, 1.165) is 32.3 Å². The molecule has 2 aromatic carbocycles. The van der Waals surface area contributed by atoms with Crippen LogP contribution in [0, 0.1) is 6.92 Å². The van der Waals surface area contributed by atoms with E-state index in [-0.39, 0.29) is 5.91 Å². The Kier molecular flexibility index (Phi) is 5.28. The molecule has 28 heavy (non-hydrogen) atoms. The van der Waals surface area contributed by atoms with Crippen molar-refractivity contribution in [3.05, 3.63) is 99.6 Å². The van der Waals surface area contributed by atoms with E-state index in [4.69, 9.17) is 9.83 Å². The van der Waals surface area contributed by atoms with E-state index in [2.05, 4.69) is 48.8 Å². The van der Waals surface area contributed by atoms with Gasteiger partial charge in [0.15, 0.2) is 0 Å². The minimum atomic E-state index is -0.260. The Bertz CT molecular complexity index is 1050. The van der Waals surface area contributed by atoms with Crippen molar-refractivity contribution >= 4 is 23.4 Å². The summed E-state index contributed by atoms with van der Waals surface area (Å²) in [6.07, 6.45) is 6.25. The molecule has 1 aliphatic heterocycles. The van der Waals surface area contributed by atoms with Crippen LogP contribution in [0.15, 0.2) is 92.8 Å². The molecule has 2 aromatic rings. The van der Waals surface area contributed by atoms with Gasteiger partial charge in [-0.2, -0.15) is 0 Å². The summed E-state index contributed by atoms with van der Waals surface area (Å²) in [5.41, 5.74) is 8.28. The van der Waals surface area contributed by atoms with Gasteiger partial charge in [0.05, 0.1) is 18.5 Å². The van der Waals surface area contributed by atoms with E-state index in [1.54, 1.807) is 11.8 Å². The number of amides is 1. The topological polar surface area (TPSA) is 50.7 Å². The number of hydrogen-bond donors (Lipinski definition) is 1. The Balaban J connectivity index is 1.79. The van der Waals surface area contributed by atoms with Gasteiger partial charge in [-0.3, -0.25) is 14.6 Å². The predicted octanol–water partition coefficient (Wildman–Crippen LogP) is 4.71. The van der Waals surface area contributed by atoms with Gasteiger partial charge < -0.3 is 0 Å². The number of carbonyl (C=O) groups is 1. The summed E-state index contributed by atoms with van der Waals surface area (Å²) in [7, 11) is 1.43. The number of rotatable bonds is 3. The maximum absolute atomic E-state index is 12.1. The van der Waals surface area contributed by atoms with Crippen LogP contribution in [-0.2, 0) is 9.63 Å². The van der Waals surface area contributed by atoms with Crippen molar-refractivity contribution in [2.45, 2.75) is 18.2 Å². The van der Waals surface area contributed by atoms with Crippen molar-refractivity contribution in [2.24, 2.45) is 4.99 Å². The highest BCUT2D eigenvalue weighted by Crippen LogP contribution is 2.39. The molecule has 0 spiro atoms. The summed E-state index contributed by atoms with van der Waals surface area (Å²) in [5.74, 6) is -0.260. The smallest absolute Gasteiger partial charge is 0.274 e. The van der Waals surface area contributed by atoms with Crippen LogP contribution in [-0.4, -0.2) is 18.7 Å². The van der Waals surface area contributed by atoms with Crippen LogP contribution in [0.3, 0.4) is 0 Å². The highest BCUT2D eigenvalue weighted by Gasteiger charge is 2.21. The normalized spacial score (nSPS) is 15.6. The Morgan fingerprint density at radius 1 is 1.11 bits per heavy atom. The molecule has 1 amide bonds. The van der Waals surface area contributed by atoms with Gasteiger partial charge in [0.2, 0.25) is 0 Å². The number of carbonyl (C=O) groups excluding carboxylic acids is 1. The van der Waals surface area contributed by atoms with Crippen LogP contribution < -0.4 is 5.48 Å². The second-order valence-corrected chi connectivity index (χ2v) is 7.65. The lowest BCUT2D eigenvalue weighted by Gasteiger charge is -2.10. The Morgan fingerprint density at radius 2 is 1.89 bits per heavy atom. The Hall–Kier alpha value is -2.89. The highest BCUT2D eigenvalue weighted by molar-refractivity contribution is 8.03. The molecule has 0 unspecified atom stereocenters. The first kappa shape index (κ1) is 18.5. The van der Waals surface area contributed by atoms with Gasteiger partial charge in [-0.1, -0.05) is 65.9 Å². The van der Waals surface area contributed by atoms with E-state index in [1.165, 1.54) is 12.7 Å². The highest BCUT2D eigenvalue weighted by atomic mass is 32.2. The van der Waals surface area contributed by atoms with Crippen molar-refractivity contribution in [1.82, 2.24) is 5.48 Å². The number of nitrogens with one attached hydrogen (secondary N) is 1. The number of fused-ring (bicyclic) bond motifs is 1. The largest absolute Gasteiger partial charge is 0.277 e. The molecule has 0 fully saturated rings. The quantitative estimate of drug-likeness (QED) is 0.775. The van der Waals surface area contributed by atoms with Crippen molar-refractivity contribution in [3.8, 4) is 0 Å². The summed E-state index contributed by atoms with van der Waals surface area (Å²) < 4.78 is 0. The van der Waals surface area contributed by atoms with Crippen LogP contribution in [0.2, 0.25) is 0 Å². The monoisotopic (exact) mass is 388 g/mol. The lowest BCUT2D eigenvalue weighted by Crippen LogP contribution is -2.22. The number of hydroxylamine groups is 1. The molecule has 1 aliphatic carbocycles. The van der Waals surface area contributed by atoms with Gasteiger partial charge in [-0.15, -0.1) is 0 Å². The summed E-state index contributed by atoms with van der Waals surface area (Å²) in [6.45, 7) is 2.08. The number of allylic oxidation sites excluding steroid dienone is 2. The molecule has 0 aromatic heterocycles. The van der Waals surface area contributed by atoms with Gasteiger partial charge in [-0.25, -0.2) is 5.48 Å². The van der Waals surface area contributed by atoms with Gasteiger partial charge in [-0.05, 0) is 25.1 Å². The Labute approximate surface area is 168 Å². The number of nitrogens with zero attached hydrogens (tertiary/aromatic N) is 1. The molecule has 1 N–H and O–H groups in total. The molecular formula is C23H20N2O2S. The third-order valence-electron chi connectivity index (χ3n) is 4.60. The number of hydrogen-bond acceptors (Lipinski definition) is 4. The third-order valence-corrected chi connectivity index (χ3v) is 5.77. The van der Waals surface area contributed by atoms with Gasteiger partial charge in [0.1, 0.15) is 0 Å². The zero-order valence-corrected chi connectivity index (χ0v) is 16.5. The average molecular weight is 388 g/mol. The number of benzene rings is 2. The van der Waals surface area contributed by atoms with E-state index in [0.29, 0.717) is 12.0 Å². The summed E-state index contributed by atoms with van der Waals surface area (Å²) in [4.78, 5) is 24.1. The van der Waals surface area contributed by atoms with Crippen molar-refractivity contribution < 1.29 is 9.63 Å². The third kappa shape index (κ3) is 3.72. The number of aryl methyl sites for hydroxylation is 1. The van der Waals surface area contributed by atoms with Crippen LogP contribution in [0.4, 0.5) is 0 Å². The molecule has 0 saturated carbocycles. The second-order valence-electron chi connectivity index (χ2n) is 6.57. The fourth-order valence-corrected chi connectivity index (χ4v) is 4.19. The van der Waals surface area contributed by atoms with Crippen molar-refractivity contribution in [1.29, 1.82) is 0 Å². The maximum atomic E-state index is 12.1. The zero-order chi connectivity index (χ0) is 19.5. The molecule has 0 bridgehead atoms. The molecule has 1 heterocycles.